The average molecular weight is 367 g/mol. The summed E-state index contributed by atoms with van der Waals surface area (Å²) in [6.07, 6.45) is -0.642. The van der Waals surface area contributed by atoms with Crippen molar-refractivity contribution in [2.24, 2.45) is 5.92 Å². The number of hydrogen-bond acceptors (Lipinski definition) is 1. The van der Waals surface area contributed by atoms with E-state index >= 15 is 0 Å². The summed E-state index contributed by atoms with van der Waals surface area (Å²) in [5, 5.41) is 3.22. The quantitative estimate of drug-likeness (QED) is 0.473. The van der Waals surface area contributed by atoms with Gasteiger partial charge in [-0.15, -0.1) is 11.6 Å². The summed E-state index contributed by atoms with van der Waals surface area (Å²) in [5.74, 6) is 0.718. The van der Waals surface area contributed by atoms with Crippen LogP contribution in [0.4, 0.5) is 17.6 Å². The fourth-order valence-electron chi connectivity index (χ4n) is 3.98. The molecule has 136 valence electrons. The van der Waals surface area contributed by atoms with Crippen LogP contribution in [0.3, 0.4) is 0 Å². The van der Waals surface area contributed by atoms with Crippen LogP contribution in [-0.4, -0.2) is 21.3 Å². The first kappa shape index (κ1) is 18.0. The normalized spacial score (nSPS) is 35.2. The molecule has 7 heteroatoms. The minimum Gasteiger partial charge on any atom is -0.266 e. The van der Waals surface area contributed by atoms with Gasteiger partial charge in [0.2, 0.25) is 0 Å². The number of nitrogens with zero attached hydrogens (tertiary/aromatic N) is 2. The van der Waals surface area contributed by atoms with Crippen molar-refractivity contribution in [3.63, 3.8) is 0 Å². The van der Waals surface area contributed by atoms with Crippen LogP contribution in [0.25, 0.3) is 0 Å². The van der Waals surface area contributed by atoms with Gasteiger partial charge in [-0.3, -0.25) is 4.68 Å². The number of alkyl halides is 5. The smallest absolute Gasteiger partial charge is 0.266 e. The molecule has 0 aliphatic heterocycles. The molecule has 2 aliphatic rings. The van der Waals surface area contributed by atoms with Crippen molar-refractivity contribution < 1.29 is 17.6 Å². The monoisotopic (exact) mass is 366 g/mol. The Kier molecular flexibility index (Phi) is 5.14. The molecule has 0 saturated heterocycles. The maximum atomic E-state index is 13.6. The third-order valence-corrected chi connectivity index (χ3v) is 5.95. The zero-order valence-corrected chi connectivity index (χ0v) is 14.5. The zero-order chi connectivity index (χ0) is 17.5. The van der Waals surface area contributed by atoms with Gasteiger partial charge in [0.05, 0.1) is 11.4 Å². The molecule has 2 fully saturated rings. The lowest BCUT2D eigenvalue weighted by molar-refractivity contribution is -0.141. The first-order chi connectivity index (χ1) is 11.3. The highest BCUT2D eigenvalue weighted by atomic mass is 35.5. The van der Waals surface area contributed by atoms with Gasteiger partial charge in [-0.05, 0) is 44.1 Å². The lowest BCUT2D eigenvalue weighted by atomic mass is 9.81. The Bertz CT molecular complexity index is 563. The Morgan fingerprint density at radius 1 is 1.12 bits per heavy atom. The van der Waals surface area contributed by atoms with Crippen molar-refractivity contribution in [3.8, 4) is 0 Å². The molecule has 1 aromatic heterocycles. The minimum absolute atomic E-state index is 0.0988. The summed E-state index contributed by atoms with van der Waals surface area (Å²) < 4.78 is 54.6. The Morgan fingerprint density at radius 2 is 1.79 bits per heavy atom. The van der Waals surface area contributed by atoms with E-state index in [1.165, 1.54) is 10.7 Å². The fraction of sp³-hybridized carbons (Fsp3) is 0.824. The zero-order valence-electron chi connectivity index (χ0n) is 13.7. The third kappa shape index (κ3) is 3.73. The van der Waals surface area contributed by atoms with Crippen LogP contribution < -0.4 is 0 Å². The summed E-state index contributed by atoms with van der Waals surface area (Å²) in [6, 6.07) is 0.954. The maximum Gasteiger partial charge on any atom is 0.435 e. The van der Waals surface area contributed by atoms with E-state index in [0.717, 1.165) is 25.7 Å². The molecule has 2 aliphatic carbocycles. The molecule has 24 heavy (non-hydrogen) atoms. The summed E-state index contributed by atoms with van der Waals surface area (Å²) >= 11 is 6.03. The highest BCUT2D eigenvalue weighted by Crippen LogP contribution is 2.41. The third-order valence-electron chi connectivity index (χ3n) is 5.50. The van der Waals surface area contributed by atoms with Crippen LogP contribution in [0.5, 0.6) is 0 Å². The molecule has 1 aromatic rings. The Morgan fingerprint density at radius 3 is 2.38 bits per heavy atom. The lowest BCUT2D eigenvalue weighted by Crippen LogP contribution is -2.30. The molecule has 0 radical (unpaired) electrons. The maximum absolute atomic E-state index is 13.6. The molecule has 0 amide bonds. The molecule has 0 spiro atoms. The summed E-state index contributed by atoms with van der Waals surface area (Å²) in [5.41, 5.74) is -0.190. The van der Waals surface area contributed by atoms with Crippen molar-refractivity contribution in [3.05, 3.63) is 17.5 Å². The predicted octanol–water partition coefficient (Wildman–Crippen LogP) is 5.87. The second-order valence-electron chi connectivity index (χ2n) is 7.35. The predicted molar refractivity (Wildman–Crippen MR) is 85.0 cm³/mol. The molecule has 0 N–H and O–H groups in total. The van der Waals surface area contributed by atoms with Crippen LogP contribution in [-0.2, 0) is 6.18 Å². The van der Waals surface area contributed by atoms with Gasteiger partial charge in [0.25, 0.3) is 0 Å². The first-order valence-corrected chi connectivity index (χ1v) is 9.14. The molecule has 0 bridgehead atoms. The highest BCUT2D eigenvalue weighted by Gasteiger charge is 2.39. The van der Waals surface area contributed by atoms with E-state index in [-0.39, 0.29) is 18.4 Å². The van der Waals surface area contributed by atoms with Crippen LogP contribution in [0.2, 0.25) is 0 Å². The van der Waals surface area contributed by atoms with Gasteiger partial charge in [-0.2, -0.15) is 18.3 Å². The van der Waals surface area contributed by atoms with E-state index < -0.39 is 23.4 Å². The Balaban J connectivity index is 1.90. The molecule has 2 saturated carbocycles. The standard InChI is InChI=1S/C17H23ClF4N2/c1-10-2-4-11(5-3-10)15-9-16(17(20,21)22)23-24(15)12-6-7-14(19)13(18)8-12/h9-14H,2-8H2,1H3. The Labute approximate surface area is 144 Å². The molecule has 3 atom stereocenters. The number of rotatable bonds is 2. The molecular formula is C17H23ClF4N2. The molecule has 3 unspecified atom stereocenters. The largest absolute Gasteiger partial charge is 0.435 e. The van der Waals surface area contributed by atoms with Crippen molar-refractivity contribution in [1.29, 1.82) is 0 Å². The van der Waals surface area contributed by atoms with Crippen molar-refractivity contribution in [2.75, 3.05) is 0 Å². The van der Waals surface area contributed by atoms with Gasteiger partial charge >= 0.3 is 6.18 Å². The van der Waals surface area contributed by atoms with Crippen molar-refractivity contribution >= 4 is 11.6 Å². The second-order valence-corrected chi connectivity index (χ2v) is 7.91. The van der Waals surface area contributed by atoms with Gasteiger partial charge in [-0.1, -0.05) is 19.8 Å². The molecular weight excluding hydrogens is 344 g/mol. The van der Waals surface area contributed by atoms with E-state index in [4.69, 9.17) is 11.6 Å². The van der Waals surface area contributed by atoms with Gasteiger partial charge in [0.1, 0.15) is 6.17 Å². The van der Waals surface area contributed by atoms with E-state index in [1.54, 1.807) is 0 Å². The summed E-state index contributed by atoms with van der Waals surface area (Å²) in [4.78, 5) is 0. The lowest BCUT2D eigenvalue weighted by Gasteiger charge is -2.32. The van der Waals surface area contributed by atoms with Crippen molar-refractivity contribution in [2.45, 2.75) is 81.6 Å². The fourth-order valence-corrected chi connectivity index (χ4v) is 4.31. The first-order valence-electron chi connectivity index (χ1n) is 8.70. The molecule has 2 nitrogen and oxygen atoms in total. The van der Waals surface area contributed by atoms with Crippen LogP contribution in [0.1, 0.15) is 75.2 Å². The number of aromatic nitrogens is 2. The molecule has 0 aromatic carbocycles. The number of halogens is 5. The minimum atomic E-state index is -4.46. The van der Waals surface area contributed by atoms with Gasteiger partial charge < -0.3 is 0 Å². The topological polar surface area (TPSA) is 17.8 Å². The van der Waals surface area contributed by atoms with Crippen molar-refractivity contribution in [1.82, 2.24) is 9.78 Å². The van der Waals surface area contributed by atoms with E-state index in [0.29, 0.717) is 24.5 Å². The van der Waals surface area contributed by atoms with E-state index in [9.17, 15) is 17.6 Å². The van der Waals surface area contributed by atoms with E-state index in [1.807, 2.05) is 0 Å². The number of hydrogen-bond donors (Lipinski definition) is 0. The van der Waals surface area contributed by atoms with E-state index in [2.05, 4.69) is 12.0 Å². The highest BCUT2D eigenvalue weighted by molar-refractivity contribution is 6.21. The van der Waals surface area contributed by atoms with Gasteiger partial charge in [0, 0.05) is 11.6 Å². The summed E-state index contributed by atoms with van der Waals surface area (Å²) in [7, 11) is 0. The average Bonchev–Trinajstić information content (AvgIpc) is 2.96. The summed E-state index contributed by atoms with van der Waals surface area (Å²) in [6.45, 7) is 2.18. The van der Waals surface area contributed by atoms with Gasteiger partial charge in [0.15, 0.2) is 5.69 Å². The second kappa shape index (κ2) is 6.85. The molecule has 3 rings (SSSR count). The SMILES string of the molecule is CC1CCC(c2cc(C(F)(F)F)nn2C2CCC(F)C(Cl)C2)CC1. The Hall–Kier alpha value is -0.780. The van der Waals surface area contributed by atoms with Crippen LogP contribution in [0.15, 0.2) is 6.07 Å². The van der Waals surface area contributed by atoms with Crippen LogP contribution in [0, 0.1) is 5.92 Å². The van der Waals surface area contributed by atoms with Crippen LogP contribution >= 0.6 is 11.6 Å². The van der Waals surface area contributed by atoms with Gasteiger partial charge in [-0.25, -0.2) is 4.39 Å². The molecule has 1 heterocycles.